The van der Waals surface area contributed by atoms with Gasteiger partial charge in [0.15, 0.2) is 0 Å². The van der Waals surface area contributed by atoms with Crippen LogP contribution in [0, 0.1) is 0 Å². The fraction of sp³-hybridized carbons (Fsp3) is 0.833. The van der Waals surface area contributed by atoms with Crippen LogP contribution in [-0.4, -0.2) is 53.1 Å². The summed E-state index contributed by atoms with van der Waals surface area (Å²) < 4.78 is 32.1. The quantitative estimate of drug-likeness (QED) is 0.0535. The first-order chi connectivity index (χ1) is 18.2. The zero-order valence-electron chi connectivity index (χ0n) is 24.2. The molecule has 0 aromatic rings. The molecule has 0 aromatic heterocycles. The van der Waals surface area contributed by atoms with Crippen LogP contribution in [0.5, 0.6) is 0 Å². The molecule has 8 heteroatoms. The second-order valence-corrected chi connectivity index (χ2v) is 12.0. The Morgan fingerprint density at radius 1 is 0.711 bits per heavy atom. The molecule has 0 bridgehead atoms. The van der Waals surface area contributed by atoms with Crippen molar-refractivity contribution in [3.63, 3.8) is 0 Å². The van der Waals surface area contributed by atoms with Crippen LogP contribution >= 0.6 is 0 Å². The molecule has 4 N–H and O–H groups in total. The van der Waals surface area contributed by atoms with Crippen molar-refractivity contribution in [2.45, 2.75) is 154 Å². The summed E-state index contributed by atoms with van der Waals surface area (Å²) in [5.74, 6) is -1.55. The zero-order valence-corrected chi connectivity index (χ0v) is 25.0. The van der Waals surface area contributed by atoms with Crippen molar-refractivity contribution in [2.24, 2.45) is 0 Å². The topological polar surface area (TPSA) is 124 Å². The highest BCUT2D eigenvalue weighted by Crippen LogP contribution is 2.12. The summed E-state index contributed by atoms with van der Waals surface area (Å²) in [4.78, 5) is 12.4. The number of aliphatic hydroxyl groups excluding tert-OH is 2. The van der Waals surface area contributed by atoms with E-state index in [1.54, 1.807) is 6.08 Å². The van der Waals surface area contributed by atoms with Gasteiger partial charge in [-0.2, -0.15) is 8.42 Å². The van der Waals surface area contributed by atoms with Crippen molar-refractivity contribution in [2.75, 3.05) is 5.75 Å². The highest BCUT2D eigenvalue weighted by Gasteiger charge is 2.27. The Morgan fingerprint density at radius 2 is 1.16 bits per heavy atom. The third-order valence-corrected chi connectivity index (χ3v) is 7.51. The standard InChI is InChI=1S/C30H57NO6S/c1-3-5-7-9-11-13-15-17-19-21-23-25-29(33)30(34)31-27(26-38(35,36)37)28(32)24-22-20-18-16-14-12-10-8-6-4-2/h11,13,22,24,27-29,32-33H,3-10,12,14-21,23,25-26H2,1-2H3,(H,31,34)(H,35,36,37)/b13-11-,24-22+. The summed E-state index contributed by atoms with van der Waals surface area (Å²) in [5, 5.41) is 23.1. The first kappa shape index (κ1) is 36.8. The zero-order chi connectivity index (χ0) is 28.5. The van der Waals surface area contributed by atoms with Gasteiger partial charge in [-0.25, -0.2) is 0 Å². The maximum absolute atomic E-state index is 12.4. The van der Waals surface area contributed by atoms with E-state index in [2.05, 4.69) is 31.3 Å². The van der Waals surface area contributed by atoms with Crippen LogP contribution in [0.3, 0.4) is 0 Å². The minimum absolute atomic E-state index is 0.266. The van der Waals surface area contributed by atoms with Gasteiger partial charge < -0.3 is 15.5 Å². The van der Waals surface area contributed by atoms with Gasteiger partial charge in [0.25, 0.3) is 10.1 Å². The number of nitrogens with one attached hydrogen (secondary N) is 1. The Balaban J connectivity index is 4.30. The molecule has 224 valence electrons. The lowest BCUT2D eigenvalue weighted by Crippen LogP contribution is -2.50. The Hall–Kier alpha value is -1.22. The van der Waals surface area contributed by atoms with Gasteiger partial charge in [0.1, 0.15) is 6.10 Å². The highest BCUT2D eigenvalue weighted by atomic mass is 32.2. The Morgan fingerprint density at radius 3 is 1.71 bits per heavy atom. The number of hydrogen-bond donors (Lipinski definition) is 4. The molecule has 3 unspecified atom stereocenters. The van der Waals surface area contributed by atoms with Crippen LogP contribution in [-0.2, 0) is 14.9 Å². The van der Waals surface area contributed by atoms with E-state index < -0.39 is 40.0 Å². The van der Waals surface area contributed by atoms with Gasteiger partial charge in [-0.15, -0.1) is 0 Å². The Kier molecular flexibility index (Phi) is 24.0. The molecule has 0 radical (unpaired) electrons. The highest BCUT2D eigenvalue weighted by molar-refractivity contribution is 7.85. The van der Waals surface area contributed by atoms with E-state index in [0.29, 0.717) is 6.42 Å². The van der Waals surface area contributed by atoms with Gasteiger partial charge in [-0.05, 0) is 44.9 Å². The fourth-order valence-corrected chi connectivity index (χ4v) is 5.06. The molecule has 0 aliphatic heterocycles. The smallest absolute Gasteiger partial charge is 0.267 e. The van der Waals surface area contributed by atoms with Gasteiger partial charge in [0.05, 0.1) is 17.9 Å². The molecule has 3 atom stereocenters. The van der Waals surface area contributed by atoms with Crippen molar-refractivity contribution in [3.8, 4) is 0 Å². The average molecular weight is 560 g/mol. The molecule has 0 heterocycles. The third-order valence-electron chi connectivity index (χ3n) is 6.73. The van der Waals surface area contributed by atoms with Crippen molar-refractivity contribution >= 4 is 16.0 Å². The van der Waals surface area contributed by atoms with Crippen LogP contribution in [0.4, 0.5) is 0 Å². The molecule has 1 amide bonds. The molecule has 0 aromatic carbocycles. The monoisotopic (exact) mass is 559 g/mol. The molecule has 0 saturated heterocycles. The lowest BCUT2D eigenvalue weighted by Gasteiger charge is -2.22. The third kappa shape index (κ3) is 23.9. The van der Waals surface area contributed by atoms with Crippen molar-refractivity contribution in [1.29, 1.82) is 0 Å². The maximum atomic E-state index is 12.4. The average Bonchev–Trinajstić information content (AvgIpc) is 2.86. The lowest BCUT2D eigenvalue weighted by atomic mass is 10.1. The van der Waals surface area contributed by atoms with Crippen LogP contribution in [0.2, 0.25) is 0 Å². The van der Waals surface area contributed by atoms with E-state index >= 15 is 0 Å². The first-order valence-corrected chi connectivity index (χ1v) is 16.8. The summed E-state index contributed by atoms with van der Waals surface area (Å²) in [7, 11) is -4.43. The molecule has 0 rings (SSSR count). The molecule has 0 aliphatic carbocycles. The molecule has 7 nitrogen and oxygen atoms in total. The molecule has 0 saturated carbocycles. The molecule has 0 spiro atoms. The van der Waals surface area contributed by atoms with Crippen molar-refractivity contribution < 1.29 is 28.0 Å². The minimum Gasteiger partial charge on any atom is -0.387 e. The maximum Gasteiger partial charge on any atom is 0.267 e. The van der Waals surface area contributed by atoms with E-state index in [-0.39, 0.29) is 6.42 Å². The summed E-state index contributed by atoms with van der Waals surface area (Å²) in [6, 6.07) is -1.23. The van der Waals surface area contributed by atoms with Gasteiger partial charge in [-0.1, -0.05) is 115 Å². The van der Waals surface area contributed by atoms with Crippen LogP contribution in [0.15, 0.2) is 24.3 Å². The van der Waals surface area contributed by atoms with E-state index in [1.807, 2.05) is 0 Å². The molecular formula is C30H57NO6S. The molecular weight excluding hydrogens is 502 g/mol. The van der Waals surface area contributed by atoms with Crippen LogP contribution in [0.1, 0.15) is 136 Å². The van der Waals surface area contributed by atoms with E-state index in [9.17, 15) is 28.0 Å². The second kappa shape index (κ2) is 24.8. The first-order valence-electron chi connectivity index (χ1n) is 15.1. The van der Waals surface area contributed by atoms with E-state index in [1.165, 1.54) is 63.9 Å². The van der Waals surface area contributed by atoms with Crippen molar-refractivity contribution in [1.82, 2.24) is 5.32 Å². The normalized spacial score (nSPS) is 14.8. The summed E-state index contributed by atoms with van der Waals surface area (Å²) in [6.45, 7) is 4.40. The SMILES string of the molecule is CCCCC/C=C\CCCCCCC(O)C(=O)NC(CS(=O)(=O)O)C(O)/C=C/CCCCCCCCCC. The van der Waals surface area contributed by atoms with Gasteiger partial charge in [-0.3, -0.25) is 9.35 Å². The number of unbranched alkanes of at least 4 members (excludes halogenated alkanes) is 15. The number of aliphatic hydroxyl groups is 2. The predicted molar refractivity (Wildman–Crippen MR) is 158 cm³/mol. The van der Waals surface area contributed by atoms with Gasteiger partial charge >= 0.3 is 0 Å². The van der Waals surface area contributed by atoms with Crippen LogP contribution < -0.4 is 5.32 Å². The van der Waals surface area contributed by atoms with Crippen molar-refractivity contribution in [3.05, 3.63) is 24.3 Å². The fourth-order valence-electron chi connectivity index (χ4n) is 4.33. The summed E-state index contributed by atoms with van der Waals surface area (Å²) in [5.41, 5.74) is 0. The lowest BCUT2D eigenvalue weighted by molar-refractivity contribution is -0.130. The summed E-state index contributed by atoms with van der Waals surface area (Å²) >= 11 is 0. The molecule has 38 heavy (non-hydrogen) atoms. The number of rotatable bonds is 26. The number of carbonyl (C=O) groups excluding carboxylic acids is 1. The number of allylic oxidation sites excluding steroid dienone is 3. The van der Waals surface area contributed by atoms with Crippen LogP contribution in [0.25, 0.3) is 0 Å². The Bertz CT molecular complexity index is 722. The van der Waals surface area contributed by atoms with Gasteiger partial charge in [0, 0.05) is 0 Å². The number of carbonyl (C=O) groups is 1. The van der Waals surface area contributed by atoms with E-state index in [0.717, 1.165) is 51.4 Å². The number of amides is 1. The molecule has 0 aliphatic rings. The largest absolute Gasteiger partial charge is 0.387 e. The predicted octanol–water partition coefficient (Wildman–Crippen LogP) is 6.64. The number of hydrogen-bond acceptors (Lipinski definition) is 5. The minimum atomic E-state index is -4.43. The van der Waals surface area contributed by atoms with E-state index in [4.69, 9.17) is 0 Å². The second-order valence-electron chi connectivity index (χ2n) is 10.5. The Labute approximate surface area is 233 Å². The molecule has 0 fully saturated rings. The van der Waals surface area contributed by atoms with Gasteiger partial charge in [0.2, 0.25) is 5.91 Å². The summed E-state index contributed by atoms with van der Waals surface area (Å²) in [6.07, 6.45) is 25.3.